The summed E-state index contributed by atoms with van der Waals surface area (Å²) in [5.41, 5.74) is 5.65. The molecule has 0 fully saturated rings. The molecule has 88 valence electrons. The summed E-state index contributed by atoms with van der Waals surface area (Å²) in [5, 5.41) is 0. The van der Waals surface area contributed by atoms with E-state index in [1.165, 1.54) is 0 Å². The number of ether oxygens (including phenoxy) is 1. The summed E-state index contributed by atoms with van der Waals surface area (Å²) in [6, 6.07) is 1.63. The fourth-order valence-corrected chi connectivity index (χ4v) is 1.54. The SMILES string of the molecule is CC(N)c1ncc(Oc2cncc(Br)c2)cn1. The average Bonchev–Trinajstić information content (AvgIpc) is 2.29. The first-order chi connectivity index (χ1) is 8.15. The largest absolute Gasteiger partial charge is 0.452 e. The summed E-state index contributed by atoms with van der Waals surface area (Å²) < 4.78 is 6.39. The molecular formula is C11H11BrN4O. The lowest BCUT2D eigenvalue weighted by molar-refractivity contribution is 0.472. The summed E-state index contributed by atoms with van der Waals surface area (Å²) in [7, 11) is 0. The van der Waals surface area contributed by atoms with E-state index in [4.69, 9.17) is 10.5 Å². The highest BCUT2D eigenvalue weighted by atomic mass is 79.9. The van der Waals surface area contributed by atoms with E-state index in [1.807, 2.05) is 13.0 Å². The van der Waals surface area contributed by atoms with Gasteiger partial charge in [-0.25, -0.2) is 9.97 Å². The lowest BCUT2D eigenvalue weighted by atomic mass is 10.3. The number of hydrogen-bond donors (Lipinski definition) is 1. The van der Waals surface area contributed by atoms with Gasteiger partial charge in [0.1, 0.15) is 11.6 Å². The minimum atomic E-state index is -0.184. The van der Waals surface area contributed by atoms with Crippen LogP contribution in [0.1, 0.15) is 18.8 Å². The van der Waals surface area contributed by atoms with Gasteiger partial charge in [-0.3, -0.25) is 4.98 Å². The normalized spacial score (nSPS) is 12.2. The predicted octanol–water partition coefficient (Wildman–Crippen LogP) is 2.45. The maximum Gasteiger partial charge on any atom is 0.164 e. The van der Waals surface area contributed by atoms with Crippen LogP contribution in [0.15, 0.2) is 35.3 Å². The minimum Gasteiger partial charge on any atom is -0.452 e. The molecular weight excluding hydrogens is 284 g/mol. The molecule has 5 nitrogen and oxygen atoms in total. The quantitative estimate of drug-likeness (QED) is 0.941. The molecule has 0 spiro atoms. The zero-order valence-electron chi connectivity index (χ0n) is 9.17. The molecule has 6 heteroatoms. The van der Waals surface area contributed by atoms with Crippen LogP contribution in [0.5, 0.6) is 11.5 Å². The summed E-state index contributed by atoms with van der Waals surface area (Å²) in [6.07, 6.45) is 6.48. The Labute approximate surface area is 107 Å². The van der Waals surface area contributed by atoms with Crippen molar-refractivity contribution in [2.45, 2.75) is 13.0 Å². The molecule has 0 saturated heterocycles. The molecule has 0 amide bonds. The molecule has 0 aromatic carbocycles. The minimum absolute atomic E-state index is 0.184. The maximum absolute atomic E-state index is 5.65. The summed E-state index contributed by atoms with van der Waals surface area (Å²) in [6.45, 7) is 1.83. The van der Waals surface area contributed by atoms with Crippen molar-refractivity contribution in [1.82, 2.24) is 15.0 Å². The van der Waals surface area contributed by atoms with Gasteiger partial charge in [-0.05, 0) is 28.9 Å². The van der Waals surface area contributed by atoms with E-state index in [2.05, 4.69) is 30.9 Å². The van der Waals surface area contributed by atoms with Crippen molar-refractivity contribution in [3.8, 4) is 11.5 Å². The van der Waals surface area contributed by atoms with E-state index in [1.54, 1.807) is 24.8 Å². The van der Waals surface area contributed by atoms with Crippen LogP contribution in [-0.4, -0.2) is 15.0 Å². The molecule has 2 aromatic rings. The first kappa shape index (κ1) is 11.9. The first-order valence-electron chi connectivity index (χ1n) is 5.01. The highest BCUT2D eigenvalue weighted by Crippen LogP contribution is 2.22. The molecule has 1 atom stereocenters. The van der Waals surface area contributed by atoms with Gasteiger partial charge < -0.3 is 10.5 Å². The first-order valence-corrected chi connectivity index (χ1v) is 5.80. The van der Waals surface area contributed by atoms with Crippen molar-refractivity contribution in [3.05, 3.63) is 41.2 Å². The van der Waals surface area contributed by atoms with Crippen molar-refractivity contribution in [3.63, 3.8) is 0 Å². The van der Waals surface area contributed by atoms with Gasteiger partial charge in [0.2, 0.25) is 0 Å². The number of rotatable bonds is 3. The number of halogens is 1. The Kier molecular flexibility index (Phi) is 3.65. The second-order valence-electron chi connectivity index (χ2n) is 3.51. The molecule has 2 rings (SSSR count). The third kappa shape index (κ3) is 3.21. The predicted molar refractivity (Wildman–Crippen MR) is 66.6 cm³/mol. The van der Waals surface area contributed by atoms with Crippen molar-refractivity contribution < 1.29 is 4.74 Å². The van der Waals surface area contributed by atoms with E-state index in [9.17, 15) is 0 Å². The molecule has 0 aliphatic carbocycles. The second kappa shape index (κ2) is 5.20. The van der Waals surface area contributed by atoms with Crippen LogP contribution in [-0.2, 0) is 0 Å². The van der Waals surface area contributed by atoms with E-state index in [0.717, 1.165) is 4.47 Å². The monoisotopic (exact) mass is 294 g/mol. The van der Waals surface area contributed by atoms with Gasteiger partial charge in [0, 0.05) is 10.7 Å². The van der Waals surface area contributed by atoms with Gasteiger partial charge in [-0.15, -0.1) is 0 Å². The van der Waals surface area contributed by atoms with Crippen molar-refractivity contribution in [2.75, 3.05) is 0 Å². The Morgan fingerprint density at radius 1 is 1.18 bits per heavy atom. The van der Waals surface area contributed by atoms with Crippen molar-refractivity contribution >= 4 is 15.9 Å². The van der Waals surface area contributed by atoms with Gasteiger partial charge in [0.25, 0.3) is 0 Å². The third-order valence-electron chi connectivity index (χ3n) is 1.97. The zero-order valence-corrected chi connectivity index (χ0v) is 10.8. The summed E-state index contributed by atoms with van der Waals surface area (Å²) in [4.78, 5) is 12.2. The molecule has 0 aliphatic rings. The van der Waals surface area contributed by atoms with Crippen LogP contribution in [0.4, 0.5) is 0 Å². The second-order valence-corrected chi connectivity index (χ2v) is 4.42. The number of hydrogen-bond acceptors (Lipinski definition) is 5. The smallest absolute Gasteiger partial charge is 0.164 e. The highest BCUT2D eigenvalue weighted by molar-refractivity contribution is 9.10. The van der Waals surface area contributed by atoms with Crippen LogP contribution in [0.3, 0.4) is 0 Å². The molecule has 0 aliphatic heterocycles. The molecule has 0 saturated carbocycles. The van der Waals surface area contributed by atoms with Crippen molar-refractivity contribution in [2.24, 2.45) is 5.73 Å². The number of nitrogens with two attached hydrogens (primary N) is 1. The van der Waals surface area contributed by atoms with Gasteiger partial charge in [-0.2, -0.15) is 0 Å². The van der Waals surface area contributed by atoms with Crippen LogP contribution in [0, 0.1) is 0 Å². The van der Waals surface area contributed by atoms with Gasteiger partial charge in [0.05, 0.1) is 24.6 Å². The van der Waals surface area contributed by atoms with E-state index < -0.39 is 0 Å². The molecule has 0 bridgehead atoms. The Hall–Kier alpha value is -1.53. The fourth-order valence-electron chi connectivity index (χ4n) is 1.20. The zero-order chi connectivity index (χ0) is 12.3. The molecule has 2 aromatic heterocycles. The number of aromatic nitrogens is 3. The van der Waals surface area contributed by atoms with Crippen LogP contribution in [0.2, 0.25) is 0 Å². The Morgan fingerprint density at radius 2 is 1.88 bits per heavy atom. The molecule has 1 unspecified atom stereocenters. The molecule has 2 heterocycles. The third-order valence-corrected chi connectivity index (χ3v) is 2.40. The lowest BCUT2D eigenvalue weighted by Gasteiger charge is -2.06. The molecule has 17 heavy (non-hydrogen) atoms. The van der Waals surface area contributed by atoms with E-state index >= 15 is 0 Å². The average molecular weight is 295 g/mol. The van der Waals surface area contributed by atoms with Crippen LogP contribution < -0.4 is 10.5 Å². The fraction of sp³-hybridized carbons (Fsp3) is 0.182. The number of pyridine rings is 1. The Bertz CT molecular complexity index is 501. The molecule has 0 radical (unpaired) electrons. The van der Waals surface area contributed by atoms with E-state index in [-0.39, 0.29) is 6.04 Å². The van der Waals surface area contributed by atoms with Gasteiger partial charge in [-0.1, -0.05) is 0 Å². The van der Waals surface area contributed by atoms with Crippen LogP contribution >= 0.6 is 15.9 Å². The number of nitrogens with zero attached hydrogens (tertiary/aromatic N) is 3. The van der Waals surface area contributed by atoms with Crippen molar-refractivity contribution in [1.29, 1.82) is 0 Å². The molecule has 2 N–H and O–H groups in total. The topological polar surface area (TPSA) is 73.9 Å². The standard InChI is InChI=1S/C11H11BrN4O/c1-7(13)11-15-5-10(6-16-11)17-9-2-8(12)3-14-4-9/h2-7H,13H2,1H3. The van der Waals surface area contributed by atoms with Gasteiger partial charge in [0.15, 0.2) is 5.75 Å². The Morgan fingerprint density at radius 3 is 2.47 bits per heavy atom. The van der Waals surface area contributed by atoms with E-state index in [0.29, 0.717) is 17.3 Å². The highest BCUT2D eigenvalue weighted by Gasteiger charge is 2.04. The Balaban J connectivity index is 2.14. The lowest BCUT2D eigenvalue weighted by Crippen LogP contribution is -2.09. The summed E-state index contributed by atoms with van der Waals surface area (Å²) >= 11 is 3.32. The summed E-state index contributed by atoms with van der Waals surface area (Å²) in [5.74, 6) is 1.76. The maximum atomic E-state index is 5.65. The van der Waals surface area contributed by atoms with Crippen LogP contribution in [0.25, 0.3) is 0 Å². The van der Waals surface area contributed by atoms with Gasteiger partial charge >= 0.3 is 0 Å².